The summed E-state index contributed by atoms with van der Waals surface area (Å²) in [5.41, 5.74) is 4.96. The summed E-state index contributed by atoms with van der Waals surface area (Å²) >= 11 is 0. The summed E-state index contributed by atoms with van der Waals surface area (Å²) in [4.78, 5) is 0. The molecule has 0 radical (unpaired) electrons. The van der Waals surface area contributed by atoms with E-state index in [0.717, 1.165) is 47.3 Å². The first-order valence-corrected chi connectivity index (χ1v) is 18.4. The van der Waals surface area contributed by atoms with E-state index in [0.29, 0.717) is 21.7 Å². The molecule has 0 aromatic heterocycles. The molecular formula is C38H60N2. The van der Waals surface area contributed by atoms with Crippen molar-refractivity contribution >= 4 is 11.4 Å². The number of hydrogen-bond acceptors (Lipinski definition) is 2. The quantitative estimate of drug-likeness (QED) is 0.293. The van der Waals surface area contributed by atoms with E-state index < -0.39 is 0 Å². The number of rotatable bonds is 1. The molecule has 0 amide bonds. The van der Waals surface area contributed by atoms with Crippen LogP contribution in [0.15, 0.2) is 10.2 Å². The molecule has 222 valence electrons. The minimum atomic E-state index is 0.327. The minimum Gasteiger partial charge on any atom is -0.160 e. The average Bonchev–Trinajstić information content (AvgIpc) is 3.47. The van der Waals surface area contributed by atoms with Crippen molar-refractivity contribution in [3.8, 4) is 0 Å². The van der Waals surface area contributed by atoms with Crippen molar-refractivity contribution in [2.45, 2.75) is 156 Å². The second-order valence-electron chi connectivity index (χ2n) is 17.9. The zero-order valence-corrected chi connectivity index (χ0v) is 26.7. The normalized spacial score (nSPS) is 57.5. The van der Waals surface area contributed by atoms with Crippen LogP contribution in [0.3, 0.4) is 0 Å². The van der Waals surface area contributed by atoms with Crippen molar-refractivity contribution in [1.82, 2.24) is 0 Å². The Hall–Kier alpha value is -0.660. The fourth-order valence-corrected chi connectivity index (χ4v) is 14.6. The van der Waals surface area contributed by atoms with Crippen LogP contribution < -0.4 is 0 Å². The lowest BCUT2D eigenvalue weighted by molar-refractivity contribution is -0.0938. The van der Waals surface area contributed by atoms with Crippen LogP contribution in [0.5, 0.6) is 0 Å². The SMILES string of the molecule is C[C@]12CCCC[C@H]1CC[C@@H]1[C@H]2CC[C@]2(C)/C(=N\N=C3\CC[C@@H]4[C@H]5CC[C@H]6CCCC[C@]6(C)[C@@H]5CC[C@]34C)CC[C@H]12. The predicted molar refractivity (Wildman–Crippen MR) is 168 cm³/mol. The van der Waals surface area contributed by atoms with Gasteiger partial charge < -0.3 is 0 Å². The maximum Gasteiger partial charge on any atom is 0.0467 e. The number of nitrogens with zero attached hydrogens (tertiary/aromatic N) is 2. The summed E-state index contributed by atoms with van der Waals surface area (Å²) < 4.78 is 0. The summed E-state index contributed by atoms with van der Waals surface area (Å²) in [7, 11) is 0. The Labute approximate surface area is 246 Å². The standard InChI is InChI=1S/C38H60N2/c1-35-21-7-5-9-25(35)11-13-27-29-15-17-33(37(29,3)23-19-31(27)35)39-40-34-18-16-30-28-14-12-26-10-6-8-22-36(26,2)32(28)20-24-38(30,34)4/h25-32H,5-24H2,1-4H3/b39-33-,40-34-/t25-,26+,27-,28+,29-,30-,31-,32-,35+,36+,37+,38+/m1/s1. The maximum atomic E-state index is 5.32. The molecule has 0 aromatic carbocycles. The summed E-state index contributed by atoms with van der Waals surface area (Å²) in [5, 5.41) is 10.6. The highest BCUT2D eigenvalue weighted by Crippen LogP contribution is 2.67. The Morgan fingerprint density at radius 3 is 1.35 bits per heavy atom. The second kappa shape index (κ2) is 9.42. The number of hydrogen-bond donors (Lipinski definition) is 0. The molecule has 12 atom stereocenters. The van der Waals surface area contributed by atoms with Gasteiger partial charge in [0.1, 0.15) is 0 Å². The molecule has 0 unspecified atom stereocenters. The van der Waals surface area contributed by atoms with E-state index in [1.165, 1.54) is 140 Å². The second-order valence-corrected chi connectivity index (χ2v) is 17.9. The van der Waals surface area contributed by atoms with Gasteiger partial charge in [0.05, 0.1) is 0 Å². The summed E-state index contributed by atoms with van der Waals surface area (Å²) in [6.45, 7) is 10.7. The Bertz CT molecular complexity index is 989. The van der Waals surface area contributed by atoms with Crippen LogP contribution in [0.4, 0.5) is 0 Å². The lowest BCUT2D eigenvalue weighted by Gasteiger charge is -2.60. The fourth-order valence-electron chi connectivity index (χ4n) is 14.6. The van der Waals surface area contributed by atoms with Crippen LogP contribution in [0, 0.1) is 69.0 Å². The average molecular weight is 545 g/mol. The first kappa shape index (κ1) is 26.9. The molecule has 0 aromatic rings. The Kier molecular flexibility index (Phi) is 6.34. The fraction of sp³-hybridized carbons (Fsp3) is 0.947. The Morgan fingerprint density at radius 1 is 0.450 bits per heavy atom. The van der Waals surface area contributed by atoms with E-state index in [2.05, 4.69) is 27.7 Å². The van der Waals surface area contributed by atoms with Gasteiger partial charge in [-0.15, -0.1) is 0 Å². The van der Waals surface area contributed by atoms with E-state index >= 15 is 0 Å². The van der Waals surface area contributed by atoms with Crippen LogP contribution in [-0.2, 0) is 0 Å². The first-order chi connectivity index (χ1) is 19.3. The molecule has 2 heteroatoms. The molecule has 0 saturated heterocycles. The monoisotopic (exact) mass is 544 g/mol. The van der Waals surface area contributed by atoms with Crippen molar-refractivity contribution in [3.05, 3.63) is 0 Å². The van der Waals surface area contributed by atoms with Crippen molar-refractivity contribution in [2.75, 3.05) is 0 Å². The van der Waals surface area contributed by atoms with Crippen LogP contribution in [0.2, 0.25) is 0 Å². The predicted octanol–water partition coefficient (Wildman–Crippen LogP) is 10.6. The molecule has 8 aliphatic carbocycles. The summed E-state index contributed by atoms with van der Waals surface area (Å²) in [6, 6.07) is 0. The number of fused-ring (bicyclic) bond motifs is 10. The topological polar surface area (TPSA) is 24.7 Å². The van der Waals surface area contributed by atoms with E-state index in [4.69, 9.17) is 10.2 Å². The molecule has 40 heavy (non-hydrogen) atoms. The van der Waals surface area contributed by atoms with Gasteiger partial charge in [-0.1, -0.05) is 53.4 Å². The van der Waals surface area contributed by atoms with Crippen molar-refractivity contribution in [2.24, 2.45) is 79.2 Å². The third-order valence-electron chi connectivity index (χ3n) is 16.9. The van der Waals surface area contributed by atoms with E-state index in [9.17, 15) is 0 Å². The van der Waals surface area contributed by atoms with Gasteiger partial charge in [0.25, 0.3) is 0 Å². The van der Waals surface area contributed by atoms with Crippen LogP contribution in [-0.4, -0.2) is 11.4 Å². The van der Waals surface area contributed by atoms with Gasteiger partial charge in [-0.25, -0.2) is 0 Å². The van der Waals surface area contributed by atoms with Crippen LogP contribution >= 0.6 is 0 Å². The molecule has 0 heterocycles. The highest BCUT2D eigenvalue weighted by Gasteiger charge is 2.61. The maximum absolute atomic E-state index is 5.32. The molecule has 8 aliphatic rings. The van der Waals surface area contributed by atoms with Gasteiger partial charge in [-0.2, -0.15) is 10.2 Å². The largest absolute Gasteiger partial charge is 0.160 e. The van der Waals surface area contributed by atoms with Crippen LogP contribution in [0.25, 0.3) is 0 Å². The van der Waals surface area contributed by atoms with Gasteiger partial charge >= 0.3 is 0 Å². The molecule has 2 nitrogen and oxygen atoms in total. The third-order valence-corrected chi connectivity index (χ3v) is 16.9. The molecule has 0 spiro atoms. The smallest absolute Gasteiger partial charge is 0.0467 e. The summed E-state index contributed by atoms with van der Waals surface area (Å²) in [6.07, 6.45) is 29.0. The van der Waals surface area contributed by atoms with Gasteiger partial charge in [0.15, 0.2) is 0 Å². The lowest BCUT2D eigenvalue weighted by atomic mass is 9.45. The Morgan fingerprint density at radius 2 is 0.900 bits per heavy atom. The molecule has 8 fully saturated rings. The van der Waals surface area contributed by atoms with Gasteiger partial charge in [-0.05, 0) is 161 Å². The van der Waals surface area contributed by atoms with Gasteiger partial charge in [0, 0.05) is 22.3 Å². The summed E-state index contributed by atoms with van der Waals surface area (Å²) in [5.74, 6) is 7.68. The van der Waals surface area contributed by atoms with Crippen molar-refractivity contribution in [3.63, 3.8) is 0 Å². The molecular weight excluding hydrogens is 484 g/mol. The molecule has 0 N–H and O–H groups in total. The third kappa shape index (κ3) is 3.64. The first-order valence-electron chi connectivity index (χ1n) is 18.4. The van der Waals surface area contributed by atoms with E-state index in [1.807, 2.05) is 0 Å². The zero-order valence-electron chi connectivity index (χ0n) is 26.7. The highest BCUT2D eigenvalue weighted by molar-refractivity contribution is 5.95. The van der Waals surface area contributed by atoms with Crippen molar-refractivity contribution < 1.29 is 0 Å². The highest BCUT2D eigenvalue weighted by atomic mass is 15.2. The molecule has 8 rings (SSSR count). The molecule has 8 saturated carbocycles. The molecule has 0 bridgehead atoms. The van der Waals surface area contributed by atoms with E-state index in [1.54, 1.807) is 0 Å². The minimum absolute atomic E-state index is 0.327. The van der Waals surface area contributed by atoms with Gasteiger partial charge in [0.2, 0.25) is 0 Å². The van der Waals surface area contributed by atoms with Crippen molar-refractivity contribution in [1.29, 1.82) is 0 Å². The molecule has 0 aliphatic heterocycles. The van der Waals surface area contributed by atoms with Crippen LogP contribution in [0.1, 0.15) is 156 Å². The van der Waals surface area contributed by atoms with Gasteiger partial charge in [-0.3, -0.25) is 0 Å². The Balaban J connectivity index is 1.02. The zero-order chi connectivity index (χ0) is 27.3. The van der Waals surface area contributed by atoms with E-state index in [-0.39, 0.29) is 0 Å². The lowest BCUT2D eigenvalue weighted by Crippen LogP contribution is -2.53.